The maximum atomic E-state index is 4.35. The second-order valence-corrected chi connectivity index (χ2v) is 6.49. The molecule has 2 aromatic rings. The molecule has 20 heavy (non-hydrogen) atoms. The van der Waals surface area contributed by atoms with E-state index in [0.29, 0.717) is 6.04 Å². The van der Waals surface area contributed by atoms with Crippen LogP contribution in [0.4, 0.5) is 0 Å². The molecule has 108 valence electrons. The van der Waals surface area contributed by atoms with Gasteiger partial charge in [0.2, 0.25) is 0 Å². The van der Waals surface area contributed by atoms with Gasteiger partial charge in [-0.25, -0.2) is 0 Å². The van der Waals surface area contributed by atoms with E-state index in [1.165, 1.54) is 19.3 Å². The van der Waals surface area contributed by atoms with Crippen LogP contribution in [0.3, 0.4) is 0 Å². The van der Waals surface area contributed by atoms with Crippen LogP contribution in [0.15, 0.2) is 24.4 Å². The Bertz CT molecular complexity index is 567. The summed E-state index contributed by atoms with van der Waals surface area (Å²) in [7, 11) is 0. The molecular formula is C16H24N4. The Morgan fingerprint density at radius 2 is 1.90 bits per heavy atom. The van der Waals surface area contributed by atoms with Crippen LogP contribution in [0, 0.1) is 11.8 Å². The highest BCUT2D eigenvalue weighted by Gasteiger charge is 2.26. The summed E-state index contributed by atoms with van der Waals surface area (Å²) < 4.78 is 2.08. The lowest BCUT2D eigenvalue weighted by Gasteiger charge is -2.33. The Kier molecular flexibility index (Phi) is 3.74. The van der Waals surface area contributed by atoms with Gasteiger partial charge in [0.05, 0.1) is 6.04 Å². The minimum Gasteiger partial charge on any atom is -0.305 e. The van der Waals surface area contributed by atoms with Crippen molar-refractivity contribution >= 4 is 5.65 Å². The molecule has 0 radical (unpaired) electrons. The highest BCUT2D eigenvalue weighted by atomic mass is 15.3. The van der Waals surface area contributed by atoms with Gasteiger partial charge < -0.3 is 5.32 Å². The van der Waals surface area contributed by atoms with Gasteiger partial charge in [-0.15, -0.1) is 10.2 Å². The largest absolute Gasteiger partial charge is 0.305 e. The number of hydrogen-bond acceptors (Lipinski definition) is 3. The van der Waals surface area contributed by atoms with Crippen molar-refractivity contribution in [3.8, 4) is 0 Å². The minimum absolute atomic E-state index is 0.231. The first-order valence-electron chi connectivity index (χ1n) is 7.69. The predicted molar refractivity (Wildman–Crippen MR) is 80.5 cm³/mol. The number of nitrogens with zero attached hydrogens (tertiary/aromatic N) is 3. The molecule has 0 aromatic carbocycles. The minimum atomic E-state index is 0.231. The first-order valence-corrected chi connectivity index (χ1v) is 7.69. The Morgan fingerprint density at radius 1 is 1.15 bits per heavy atom. The molecule has 1 aliphatic carbocycles. The van der Waals surface area contributed by atoms with E-state index in [-0.39, 0.29) is 6.04 Å². The molecule has 3 rings (SSSR count). The molecule has 1 N–H and O–H groups in total. The number of pyridine rings is 1. The van der Waals surface area contributed by atoms with E-state index in [1.54, 1.807) is 0 Å². The smallest absolute Gasteiger partial charge is 0.160 e. The van der Waals surface area contributed by atoms with E-state index in [0.717, 1.165) is 23.3 Å². The summed E-state index contributed by atoms with van der Waals surface area (Å²) in [6, 6.07) is 6.84. The van der Waals surface area contributed by atoms with Crippen molar-refractivity contribution in [1.82, 2.24) is 19.9 Å². The Hall–Kier alpha value is -1.42. The van der Waals surface area contributed by atoms with Gasteiger partial charge in [-0.05, 0) is 50.2 Å². The second-order valence-electron chi connectivity index (χ2n) is 6.49. The Balaban J connectivity index is 1.74. The average molecular weight is 272 g/mol. The van der Waals surface area contributed by atoms with Crippen LogP contribution in [0.5, 0.6) is 0 Å². The molecule has 0 spiro atoms. The molecule has 4 nitrogen and oxygen atoms in total. The number of nitrogens with one attached hydrogen (secondary N) is 1. The fourth-order valence-electron chi connectivity index (χ4n) is 3.67. The average Bonchev–Trinajstić information content (AvgIpc) is 2.81. The molecule has 1 fully saturated rings. The van der Waals surface area contributed by atoms with Gasteiger partial charge in [0.15, 0.2) is 11.5 Å². The van der Waals surface area contributed by atoms with E-state index in [4.69, 9.17) is 0 Å². The monoisotopic (exact) mass is 272 g/mol. The van der Waals surface area contributed by atoms with Gasteiger partial charge in [0.1, 0.15) is 0 Å². The van der Waals surface area contributed by atoms with Gasteiger partial charge >= 0.3 is 0 Å². The number of rotatable bonds is 3. The zero-order valence-corrected chi connectivity index (χ0v) is 12.6. The van der Waals surface area contributed by atoms with Crippen LogP contribution < -0.4 is 5.32 Å². The van der Waals surface area contributed by atoms with Gasteiger partial charge in [-0.2, -0.15) is 0 Å². The van der Waals surface area contributed by atoms with Crippen molar-refractivity contribution < 1.29 is 0 Å². The second kappa shape index (κ2) is 5.52. The van der Waals surface area contributed by atoms with Gasteiger partial charge in [-0.1, -0.05) is 19.9 Å². The normalized spacial score (nSPS) is 28.6. The molecule has 3 atom stereocenters. The molecular weight excluding hydrogens is 248 g/mol. The molecule has 0 amide bonds. The Morgan fingerprint density at radius 3 is 2.65 bits per heavy atom. The summed E-state index contributed by atoms with van der Waals surface area (Å²) >= 11 is 0. The third kappa shape index (κ3) is 2.70. The van der Waals surface area contributed by atoms with Crippen molar-refractivity contribution in [3.63, 3.8) is 0 Å². The molecule has 3 unspecified atom stereocenters. The van der Waals surface area contributed by atoms with Crippen molar-refractivity contribution in [1.29, 1.82) is 0 Å². The maximum Gasteiger partial charge on any atom is 0.160 e. The third-order valence-electron chi connectivity index (χ3n) is 4.39. The van der Waals surface area contributed by atoms with Gasteiger partial charge in [-0.3, -0.25) is 4.40 Å². The number of hydrogen-bond donors (Lipinski definition) is 1. The quantitative estimate of drug-likeness (QED) is 0.933. The van der Waals surface area contributed by atoms with Crippen molar-refractivity contribution in [2.24, 2.45) is 11.8 Å². The van der Waals surface area contributed by atoms with Crippen molar-refractivity contribution in [2.75, 3.05) is 0 Å². The number of aromatic nitrogens is 3. The van der Waals surface area contributed by atoms with E-state index in [9.17, 15) is 0 Å². The zero-order chi connectivity index (χ0) is 14.1. The lowest BCUT2D eigenvalue weighted by molar-refractivity contribution is 0.226. The van der Waals surface area contributed by atoms with Crippen molar-refractivity contribution in [2.45, 2.75) is 52.1 Å². The Labute approximate surface area is 120 Å². The highest BCUT2D eigenvalue weighted by Crippen LogP contribution is 2.29. The molecule has 1 saturated carbocycles. The van der Waals surface area contributed by atoms with Crippen molar-refractivity contribution in [3.05, 3.63) is 30.2 Å². The molecule has 0 bridgehead atoms. The van der Waals surface area contributed by atoms with E-state index < -0.39 is 0 Å². The molecule has 2 heterocycles. The van der Waals surface area contributed by atoms with E-state index >= 15 is 0 Å². The highest BCUT2D eigenvalue weighted by molar-refractivity contribution is 5.37. The first-order chi connectivity index (χ1) is 9.63. The summed E-state index contributed by atoms with van der Waals surface area (Å²) in [6.07, 6.45) is 5.94. The zero-order valence-electron chi connectivity index (χ0n) is 12.6. The summed E-state index contributed by atoms with van der Waals surface area (Å²) in [5.41, 5.74) is 0.918. The molecule has 0 saturated heterocycles. The topological polar surface area (TPSA) is 42.2 Å². The fourth-order valence-corrected chi connectivity index (χ4v) is 3.67. The van der Waals surface area contributed by atoms with Crippen LogP contribution in [-0.2, 0) is 0 Å². The summed E-state index contributed by atoms with van der Waals surface area (Å²) in [6.45, 7) is 6.91. The SMILES string of the molecule is CC1CC(C)CC(NC(C)c2nnc3ccccn23)C1. The van der Waals surface area contributed by atoms with Crippen LogP contribution in [0.25, 0.3) is 5.65 Å². The molecule has 2 aromatic heterocycles. The third-order valence-corrected chi connectivity index (χ3v) is 4.39. The lowest BCUT2D eigenvalue weighted by atomic mass is 9.80. The lowest BCUT2D eigenvalue weighted by Crippen LogP contribution is -2.38. The summed E-state index contributed by atoms with van der Waals surface area (Å²) in [5.74, 6) is 2.64. The van der Waals surface area contributed by atoms with Crippen LogP contribution in [0.2, 0.25) is 0 Å². The summed E-state index contributed by atoms with van der Waals surface area (Å²) in [4.78, 5) is 0. The summed E-state index contributed by atoms with van der Waals surface area (Å²) in [5, 5.41) is 12.3. The van der Waals surface area contributed by atoms with E-state index in [2.05, 4.69) is 40.7 Å². The number of fused-ring (bicyclic) bond motifs is 1. The maximum absolute atomic E-state index is 4.35. The predicted octanol–water partition coefficient (Wildman–Crippen LogP) is 3.20. The molecule has 0 aliphatic heterocycles. The molecule has 4 heteroatoms. The van der Waals surface area contributed by atoms with Crippen LogP contribution >= 0.6 is 0 Å². The van der Waals surface area contributed by atoms with E-state index in [1.807, 2.05) is 24.4 Å². The first kappa shape index (κ1) is 13.6. The van der Waals surface area contributed by atoms with Crippen LogP contribution in [-0.4, -0.2) is 20.6 Å². The van der Waals surface area contributed by atoms with Crippen LogP contribution in [0.1, 0.15) is 51.9 Å². The van der Waals surface area contributed by atoms with Gasteiger partial charge in [0.25, 0.3) is 0 Å². The standard InChI is InChI=1S/C16H24N4/c1-11-8-12(2)10-14(9-11)17-13(3)16-19-18-15-6-4-5-7-20(15)16/h4-7,11-14,17H,8-10H2,1-3H3. The molecule has 1 aliphatic rings. The fraction of sp³-hybridized carbons (Fsp3) is 0.625. The van der Waals surface area contributed by atoms with Gasteiger partial charge in [0, 0.05) is 12.2 Å².